The second kappa shape index (κ2) is 4.39. The molecule has 1 aliphatic rings. The molecule has 112 valence electrons. The molecule has 0 unspecified atom stereocenters. The summed E-state index contributed by atoms with van der Waals surface area (Å²) in [4.78, 5) is 17.7. The Bertz CT molecular complexity index is 1010. The van der Waals surface area contributed by atoms with Gasteiger partial charge in [0.2, 0.25) is 10.5 Å². The normalized spacial score (nSPS) is 19.9. The van der Waals surface area contributed by atoms with Gasteiger partial charge in [-0.2, -0.15) is 0 Å². The van der Waals surface area contributed by atoms with E-state index in [0.717, 1.165) is 29.7 Å². The second-order valence-corrected chi connectivity index (χ2v) is 6.49. The van der Waals surface area contributed by atoms with Gasteiger partial charge in [0.1, 0.15) is 0 Å². The van der Waals surface area contributed by atoms with Crippen molar-refractivity contribution in [2.24, 2.45) is 0 Å². The van der Waals surface area contributed by atoms with Gasteiger partial charge in [-0.1, -0.05) is 38.1 Å². The van der Waals surface area contributed by atoms with Crippen LogP contribution in [0.5, 0.6) is 0 Å². The van der Waals surface area contributed by atoms with Crippen molar-refractivity contribution in [2.45, 2.75) is 32.1 Å². The van der Waals surface area contributed by atoms with Crippen molar-refractivity contribution in [1.82, 2.24) is 19.6 Å². The molecule has 4 rings (SSSR count). The Hall–Kier alpha value is -2.21. The SMILES string of the molecule is CC[C@]1(C)Cc2ccccc2-c2nc3[nH][nH]c(=S)n3c(=O)c21. The third-order valence-corrected chi connectivity index (χ3v) is 5.09. The summed E-state index contributed by atoms with van der Waals surface area (Å²) in [5.74, 6) is 0.462. The molecule has 2 heterocycles. The molecule has 6 heteroatoms. The maximum absolute atomic E-state index is 13.1. The Morgan fingerprint density at radius 3 is 2.91 bits per heavy atom. The maximum Gasteiger partial charge on any atom is 0.265 e. The number of hydrogen-bond donors (Lipinski definition) is 2. The Morgan fingerprint density at radius 2 is 2.14 bits per heavy atom. The molecule has 0 amide bonds. The molecule has 0 fully saturated rings. The van der Waals surface area contributed by atoms with E-state index in [4.69, 9.17) is 17.2 Å². The number of nitrogens with zero attached hydrogens (tertiary/aromatic N) is 2. The summed E-state index contributed by atoms with van der Waals surface area (Å²) in [6, 6.07) is 8.18. The summed E-state index contributed by atoms with van der Waals surface area (Å²) in [5, 5.41) is 5.68. The Morgan fingerprint density at radius 1 is 1.36 bits per heavy atom. The third kappa shape index (κ3) is 1.61. The fraction of sp³-hybridized carbons (Fsp3) is 0.312. The average molecular weight is 312 g/mol. The summed E-state index contributed by atoms with van der Waals surface area (Å²) in [7, 11) is 0. The molecular formula is C16H16N4OS. The predicted molar refractivity (Wildman–Crippen MR) is 87.8 cm³/mol. The predicted octanol–water partition coefficient (Wildman–Crippen LogP) is 2.97. The lowest BCUT2D eigenvalue weighted by Crippen LogP contribution is -2.37. The largest absolute Gasteiger partial charge is 0.273 e. The number of rotatable bonds is 1. The topological polar surface area (TPSA) is 65.9 Å². The van der Waals surface area contributed by atoms with Gasteiger partial charge in [-0.25, -0.2) is 9.38 Å². The lowest BCUT2D eigenvalue weighted by Gasteiger charge is -2.34. The van der Waals surface area contributed by atoms with Crippen molar-refractivity contribution in [3.8, 4) is 11.3 Å². The summed E-state index contributed by atoms with van der Waals surface area (Å²) in [6.07, 6.45) is 1.72. The first-order valence-corrected chi connectivity index (χ1v) is 7.78. The summed E-state index contributed by atoms with van der Waals surface area (Å²) in [6.45, 7) is 4.25. The van der Waals surface area contributed by atoms with Crippen LogP contribution < -0.4 is 5.56 Å². The smallest absolute Gasteiger partial charge is 0.265 e. The van der Waals surface area contributed by atoms with Gasteiger partial charge in [-0.15, -0.1) is 0 Å². The van der Waals surface area contributed by atoms with Gasteiger partial charge in [0, 0.05) is 11.0 Å². The van der Waals surface area contributed by atoms with Crippen molar-refractivity contribution in [1.29, 1.82) is 0 Å². The van der Waals surface area contributed by atoms with Gasteiger partial charge in [-0.3, -0.25) is 15.0 Å². The van der Waals surface area contributed by atoms with Crippen LogP contribution in [-0.2, 0) is 11.8 Å². The zero-order valence-electron chi connectivity index (χ0n) is 12.4. The molecule has 0 saturated carbocycles. The van der Waals surface area contributed by atoms with Crippen LogP contribution in [0.15, 0.2) is 29.1 Å². The molecule has 1 aromatic carbocycles. The van der Waals surface area contributed by atoms with Crippen LogP contribution in [0, 0.1) is 4.77 Å². The number of benzene rings is 1. The van der Waals surface area contributed by atoms with Crippen LogP contribution in [0.2, 0.25) is 0 Å². The van der Waals surface area contributed by atoms with Crippen molar-refractivity contribution in [3.63, 3.8) is 0 Å². The van der Waals surface area contributed by atoms with E-state index in [1.807, 2.05) is 18.2 Å². The molecule has 2 aromatic heterocycles. The van der Waals surface area contributed by atoms with Gasteiger partial charge in [0.05, 0.1) is 11.3 Å². The number of hydrogen-bond acceptors (Lipinski definition) is 3. The Balaban J connectivity index is 2.22. The van der Waals surface area contributed by atoms with Crippen LogP contribution in [-0.4, -0.2) is 19.6 Å². The molecule has 1 atom stereocenters. The second-order valence-electron chi connectivity index (χ2n) is 6.10. The fourth-order valence-corrected chi connectivity index (χ4v) is 3.63. The van der Waals surface area contributed by atoms with Crippen LogP contribution in [0.25, 0.3) is 17.0 Å². The van der Waals surface area contributed by atoms with E-state index in [9.17, 15) is 4.79 Å². The third-order valence-electron chi connectivity index (χ3n) is 4.80. The minimum atomic E-state index is -0.228. The average Bonchev–Trinajstić information content (AvgIpc) is 2.89. The standard InChI is InChI=1S/C16H16N4OS/c1-3-16(2)8-9-6-4-5-7-10(9)12-11(16)13(21)20-14(17-12)18-19-15(20)22/h4-7H,3,8H2,1-2H3,(H,17,18)(H,19,22)/t16-/m1/s1. The first kappa shape index (κ1) is 13.5. The minimum Gasteiger partial charge on any atom is -0.273 e. The van der Waals surface area contributed by atoms with E-state index in [-0.39, 0.29) is 11.0 Å². The molecule has 5 nitrogen and oxygen atoms in total. The molecule has 0 radical (unpaired) electrons. The molecule has 2 N–H and O–H groups in total. The van der Waals surface area contributed by atoms with Gasteiger partial charge < -0.3 is 0 Å². The van der Waals surface area contributed by atoms with Crippen LogP contribution in [0.3, 0.4) is 0 Å². The molecule has 0 spiro atoms. The molecule has 1 aliphatic carbocycles. The number of H-pyrrole nitrogens is 2. The quantitative estimate of drug-likeness (QED) is 0.679. The molecule has 0 aliphatic heterocycles. The van der Waals surface area contributed by atoms with E-state index in [2.05, 4.69) is 30.1 Å². The highest BCUT2D eigenvalue weighted by atomic mass is 32.1. The minimum absolute atomic E-state index is 0.0682. The zero-order valence-corrected chi connectivity index (χ0v) is 13.3. The zero-order chi connectivity index (χ0) is 15.5. The van der Waals surface area contributed by atoms with Gasteiger partial charge in [0.25, 0.3) is 5.56 Å². The van der Waals surface area contributed by atoms with Crippen molar-refractivity contribution in [2.75, 3.05) is 0 Å². The number of aromatic nitrogens is 4. The van der Waals surface area contributed by atoms with Crippen LogP contribution >= 0.6 is 12.2 Å². The maximum atomic E-state index is 13.1. The van der Waals surface area contributed by atoms with Crippen LogP contribution in [0.1, 0.15) is 31.4 Å². The summed E-state index contributed by atoms with van der Waals surface area (Å²) >= 11 is 5.20. The van der Waals surface area contributed by atoms with E-state index in [1.54, 1.807) is 0 Å². The van der Waals surface area contributed by atoms with Crippen molar-refractivity contribution in [3.05, 3.63) is 50.5 Å². The molecule has 0 bridgehead atoms. The fourth-order valence-electron chi connectivity index (χ4n) is 3.41. The van der Waals surface area contributed by atoms with E-state index >= 15 is 0 Å². The van der Waals surface area contributed by atoms with E-state index in [0.29, 0.717) is 10.5 Å². The first-order valence-electron chi connectivity index (χ1n) is 7.37. The highest BCUT2D eigenvalue weighted by molar-refractivity contribution is 7.71. The van der Waals surface area contributed by atoms with E-state index in [1.165, 1.54) is 9.96 Å². The van der Waals surface area contributed by atoms with E-state index < -0.39 is 0 Å². The van der Waals surface area contributed by atoms with Gasteiger partial charge in [-0.05, 0) is 30.6 Å². The molecular weight excluding hydrogens is 296 g/mol. The van der Waals surface area contributed by atoms with Crippen molar-refractivity contribution < 1.29 is 0 Å². The van der Waals surface area contributed by atoms with Gasteiger partial charge in [0.15, 0.2) is 0 Å². The Labute approximate surface area is 132 Å². The lowest BCUT2D eigenvalue weighted by atomic mass is 9.69. The number of fused-ring (bicyclic) bond motifs is 4. The summed E-state index contributed by atoms with van der Waals surface area (Å²) < 4.78 is 1.81. The van der Waals surface area contributed by atoms with Gasteiger partial charge >= 0.3 is 0 Å². The number of aromatic amines is 2. The monoisotopic (exact) mass is 312 g/mol. The first-order chi connectivity index (χ1) is 10.5. The molecule has 22 heavy (non-hydrogen) atoms. The Kier molecular flexibility index (Phi) is 2.69. The molecule has 3 aromatic rings. The highest BCUT2D eigenvalue weighted by Crippen LogP contribution is 2.42. The van der Waals surface area contributed by atoms with Crippen molar-refractivity contribution >= 4 is 18.0 Å². The molecule has 0 saturated heterocycles. The lowest BCUT2D eigenvalue weighted by molar-refractivity contribution is 0.440. The van der Waals surface area contributed by atoms with Crippen LogP contribution in [0.4, 0.5) is 0 Å². The summed E-state index contributed by atoms with van der Waals surface area (Å²) in [5.41, 5.74) is 3.54. The number of nitrogens with one attached hydrogen (secondary N) is 2. The highest BCUT2D eigenvalue weighted by Gasteiger charge is 2.37.